The van der Waals surface area contributed by atoms with Crippen molar-refractivity contribution in [2.45, 2.75) is 0 Å². The van der Waals surface area contributed by atoms with Crippen molar-refractivity contribution in [1.82, 2.24) is 0 Å². The van der Waals surface area contributed by atoms with E-state index in [0.717, 1.165) is 0 Å². The van der Waals surface area contributed by atoms with Gasteiger partial charge in [0.05, 0.1) is 5.09 Å². The number of nitrogens with zero attached hydrogens (tertiary/aromatic N) is 1. The summed E-state index contributed by atoms with van der Waals surface area (Å²) in [6, 6.07) is 0. The minimum atomic E-state index is -1.83. The van der Waals surface area contributed by atoms with Gasteiger partial charge in [-0.2, -0.15) is 0 Å². The van der Waals surface area contributed by atoms with Crippen LogP contribution < -0.4 is 0 Å². The van der Waals surface area contributed by atoms with Crippen molar-refractivity contribution in [3.8, 4) is 0 Å². The zero-order chi connectivity index (χ0) is 7.15. The standard InChI is InChI=1S/CH2O3.NO3.H2O/c2*2-1(3)4;/h(H2,2,3,4);;1H2/q;-1;. The Labute approximate surface area is 48.4 Å². The Kier molecular flexibility index (Phi) is 16.8. The third kappa shape index (κ3) is 51.2. The van der Waals surface area contributed by atoms with Crippen LogP contribution in [0, 0.1) is 15.3 Å². The van der Waals surface area contributed by atoms with Gasteiger partial charge in [0.15, 0.2) is 0 Å². The summed E-state index contributed by atoms with van der Waals surface area (Å²) in [6.45, 7) is 0. The summed E-state index contributed by atoms with van der Waals surface area (Å²) in [7, 11) is 0. The van der Waals surface area contributed by atoms with Crippen LogP contribution in [0.3, 0.4) is 0 Å². The Hall–Kier alpha value is -1.57. The monoisotopic (exact) mass is 142 g/mol. The summed E-state index contributed by atoms with van der Waals surface area (Å²) in [4.78, 5) is 16.8. The SMILES string of the molecule is O.O=C(O)O.O=[N+]([O-])[O-]. The van der Waals surface area contributed by atoms with E-state index in [4.69, 9.17) is 30.3 Å². The molecule has 56 valence electrons. The lowest BCUT2D eigenvalue weighted by molar-refractivity contribution is -0.402. The van der Waals surface area contributed by atoms with Gasteiger partial charge in [-0.3, -0.25) is 0 Å². The van der Waals surface area contributed by atoms with Gasteiger partial charge in [-0.25, -0.2) is 4.79 Å². The van der Waals surface area contributed by atoms with Gasteiger partial charge in [-0.1, -0.05) is 0 Å². The quantitative estimate of drug-likeness (QED) is 0.331. The summed E-state index contributed by atoms with van der Waals surface area (Å²) in [5.41, 5.74) is 0. The van der Waals surface area contributed by atoms with Crippen LogP contribution in [-0.4, -0.2) is 26.9 Å². The Morgan fingerprint density at radius 3 is 1.33 bits per heavy atom. The predicted molar refractivity (Wildman–Crippen MR) is 24.6 cm³/mol. The van der Waals surface area contributed by atoms with Crippen LogP contribution in [0.25, 0.3) is 0 Å². The zero-order valence-electron chi connectivity index (χ0n) is 3.97. The molecule has 0 rings (SSSR count). The fraction of sp³-hybridized carbons (Fsp3) is 0. The van der Waals surface area contributed by atoms with Gasteiger partial charge in [0, 0.05) is 0 Å². The molecule has 0 radical (unpaired) electrons. The van der Waals surface area contributed by atoms with Gasteiger partial charge < -0.3 is 31.0 Å². The first-order chi connectivity index (χ1) is 3.46. The molecule has 0 atom stereocenters. The third-order valence-electron chi connectivity index (χ3n) is 0. The first kappa shape index (κ1) is 15.7. The van der Waals surface area contributed by atoms with Crippen molar-refractivity contribution in [3.63, 3.8) is 0 Å². The maximum atomic E-state index is 8.56. The minimum absolute atomic E-state index is 0. The number of carbonyl (C=O) groups is 1. The van der Waals surface area contributed by atoms with E-state index in [0.29, 0.717) is 0 Å². The smallest absolute Gasteiger partial charge is 0.450 e. The average molecular weight is 142 g/mol. The van der Waals surface area contributed by atoms with Crippen LogP contribution in [0.4, 0.5) is 4.79 Å². The van der Waals surface area contributed by atoms with E-state index in [1.54, 1.807) is 0 Å². The molecule has 0 unspecified atom stereocenters. The number of hydrogen-bond donors (Lipinski definition) is 2. The summed E-state index contributed by atoms with van der Waals surface area (Å²) in [6.07, 6.45) is -1.83. The number of carboxylic acid groups (broad SMARTS) is 2. The van der Waals surface area contributed by atoms with Gasteiger partial charge >= 0.3 is 6.16 Å². The maximum Gasteiger partial charge on any atom is 0.503 e. The number of rotatable bonds is 0. The maximum absolute atomic E-state index is 8.56. The normalized spacial score (nSPS) is 5.33. The van der Waals surface area contributed by atoms with E-state index in [1.807, 2.05) is 0 Å². The molecule has 0 aromatic heterocycles. The van der Waals surface area contributed by atoms with Crippen LogP contribution in [0.1, 0.15) is 0 Å². The Morgan fingerprint density at radius 1 is 1.33 bits per heavy atom. The van der Waals surface area contributed by atoms with E-state index >= 15 is 0 Å². The molecular weight excluding hydrogens is 138 g/mol. The fourth-order valence-corrected chi connectivity index (χ4v) is 0. The van der Waals surface area contributed by atoms with Crippen LogP contribution in [0.5, 0.6) is 0 Å². The summed E-state index contributed by atoms with van der Waals surface area (Å²) >= 11 is 0. The van der Waals surface area contributed by atoms with E-state index in [9.17, 15) is 0 Å². The van der Waals surface area contributed by atoms with E-state index < -0.39 is 11.2 Å². The molecule has 0 heterocycles. The van der Waals surface area contributed by atoms with Gasteiger partial charge in [0.1, 0.15) is 0 Å². The molecule has 0 amide bonds. The van der Waals surface area contributed by atoms with Crippen molar-refractivity contribution in [3.05, 3.63) is 15.3 Å². The van der Waals surface area contributed by atoms with Crippen molar-refractivity contribution >= 4 is 6.16 Å². The highest BCUT2D eigenvalue weighted by Gasteiger charge is 1.70. The molecule has 0 aromatic rings. The molecule has 0 fully saturated rings. The first-order valence-corrected chi connectivity index (χ1v) is 1.20. The molecular formula is CH4NO7-. The topological polar surface area (TPSA) is 155 Å². The fourth-order valence-electron chi connectivity index (χ4n) is 0. The van der Waals surface area contributed by atoms with E-state index in [2.05, 4.69) is 0 Å². The highest BCUT2D eigenvalue weighted by atomic mass is 16.9. The average Bonchev–Trinajstić information content (AvgIpc) is 1.25. The summed E-state index contributed by atoms with van der Waals surface area (Å²) < 4.78 is 0. The predicted octanol–water partition coefficient (Wildman–Crippen LogP) is -0.841. The van der Waals surface area contributed by atoms with Crippen molar-refractivity contribution in [1.29, 1.82) is 0 Å². The molecule has 0 bridgehead atoms. The molecule has 0 aliphatic rings. The first-order valence-electron chi connectivity index (χ1n) is 1.20. The van der Waals surface area contributed by atoms with Crippen LogP contribution in [0.15, 0.2) is 0 Å². The second kappa shape index (κ2) is 9.66. The molecule has 0 aliphatic heterocycles. The summed E-state index contributed by atoms with van der Waals surface area (Å²) in [5, 5.41) is 28.7. The molecule has 0 saturated carbocycles. The van der Waals surface area contributed by atoms with Crippen LogP contribution in [0.2, 0.25) is 0 Å². The van der Waals surface area contributed by atoms with Gasteiger partial charge in [0.2, 0.25) is 0 Å². The van der Waals surface area contributed by atoms with Crippen molar-refractivity contribution in [2.75, 3.05) is 0 Å². The second-order valence-corrected chi connectivity index (χ2v) is 0.506. The molecule has 0 spiro atoms. The third-order valence-corrected chi connectivity index (χ3v) is 0. The Bertz CT molecular complexity index is 66.9. The van der Waals surface area contributed by atoms with E-state index in [-0.39, 0.29) is 5.48 Å². The lowest BCUT2D eigenvalue weighted by Crippen LogP contribution is -1.81. The molecule has 8 nitrogen and oxygen atoms in total. The molecule has 0 aromatic carbocycles. The molecule has 0 aliphatic carbocycles. The molecule has 4 N–H and O–H groups in total. The van der Waals surface area contributed by atoms with Gasteiger partial charge in [-0.15, -0.1) is 0 Å². The lowest BCUT2D eigenvalue weighted by atomic mass is 11.5. The largest absolute Gasteiger partial charge is 0.503 e. The van der Waals surface area contributed by atoms with Crippen molar-refractivity contribution < 1.29 is 25.6 Å². The highest BCUT2D eigenvalue weighted by molar-refractivity contribution is 5.53. The minimum Gasteiger partial charge on any atom is -0.450 e. The van der Waals surface area contributed by atoms with Gasteiger partial charge in [-0.05, 0) is 0 Å². The lowest BCUT2D eigenvalue weighted by Gasteiger charge is -1.74. The van der Waals surface area contributed by atoms with E-state index in [1.165, 1.54) is 0 Å². The summed E-state index contributed by atoms with van der Waals surface area (Å²) in [5.74, 6) is 0. The number of hydrogen-bond acceptors (Lipinski definition) is 4. The Balaban J connectivity index is -0.0000000720. The van der Waals surface area contributed by atoms with Gasteiger partial charge in [0.25, 0.3) is 0 Å². The zero-order valence-corrected chi connectivity index (χ0v) is 3.97. The molecule has 0 saturated heterocycles. The van der Waals surface area contributed by atoms with Crippen LogP contribution in [-0.2, 0) is 0 Å². The van der Waals surface area contributed by atoms with Crippen molar-refractivity contribution in [2.24, 2.45) is 0 Å². The highest BCUT2D eigenvalue weighted by Crippen LogP contribution is 1.44. The Morgan fingerprint density at radius 2 is 1.33 bits per heavy atom. The molecule has 9 heavy (non-hydrogen) atoms. The molecule has 8 heteroatoms. The van der Waals surface area contributed by atoms with Crippen LogP contribution >= 0.6 is 0 Å². The second-order valence-electron chi connectivity index (χ2n) is 0.506.